The van der Waals surface area contributed by atoms with Crippen molar-refractivity contribution in [3.05, 3.63) is 40.2 Å². The van der Waals surface area contributed by atoms with E-state index in [1.807, 2.05) is 24.4 Å². The van der Waals surface area contributed by atoms with Gasteiger partial charge >= 0.3 is 0 Å². The molecule has 0 fully saturated rings. The maximum atomic E-state index is 4.19. The molecule has 0 saturated carbocycles. The SMILES string of the molecule is I.Ic1nccc2ccccc12. The standard InChI is InChI=1S/C9H6IN.HI/c10-9-8-4-2-1-3-7(8)5-6-11-9;/h1-6H;1H. The summed E-state index contributed by atoms with van der Waals surface area (Å²) in [6, 6.07) is 10.3. The van der Waals surface area contributed by atoms with Gasteiger partial charge in [-0.05, 0) is 34.0 Å². The van der Waals surface area contributed by atoms with Crippen molar-refractivity contribution >= 4 is 57.3 Å². The molecule has 0 N–H and O–H groups in total. The van der Waals surface area contributed by atoms with Crippen molar-refractivity contribution in [3.63, 3.8) is 0 Å². The predicted molar refractivity (Wildman–Crippen MR) is 69.9 cm³/mol. The number of nitrogens with zero attached hydrogens (tertiary/aromatic N) is 1. The Bertz CT molecular complexity index is 382. The van der Waals surface area contributed by atoms with Gasteiger partial charge in [0.15, 0.2) is 0 Å². The third-order valence-corrected chi connectivity index (χ3v) is 2.48. The Kier molecular flexibility index (Phi) is 3.70. The third kappa shape index (κ3) is 1.87. The van der Waals surface area contributed by atoms with Gasteiger partial charge in [-0.15, -0.1) is 24.0 Å². The highest BCUT2D eigenvalue weighted by Gasteiger charge is 1.94. The highest BCUT2D eigenvalue weighted by molar-refractivity contribution is 14.1. The van der Waals surface area contributed by atoms with E-state index in [1.54, 1.807) is 0 Å². The molecule has 0 aliphatic heterocycles. The van der Waals surface area contributed by atoms with Gasteiger partial charge in [-0.25, -0.2) is 4.98 Å². The number of hydrogen-bond donors (Lipinski definition) is 0. The topological polar surface area (TPSA) is 12.9 Å². The second-order valence-corrected chi connectivity index (χ2v) is 3.34. The molecule has 0 spiro atoms. The first kappa shape index (κ1) is 10.2. The van der Waals surface area contributed by atoms with Crippen LogP contribution in [0.25, 0.3) is 10.8 Å². The number of halogens is 2. The summed E-state index contributed by atoms with van der Waals surface area (Å²) in [5.74, 6) is 0. The summed E-state index contributed by atoms with van der Waals surface area (Å²) in [5.41, 5.74) is 0. The van der Waals surface area contributed by atoms with Gasteiger partial charge in [-0.1, -0.05) is 24.3 Å². The monoisotopic (exact) mass is 383 g/mol. The van der Waals surface area contributed by atoms with Crippen molar-refractivity contribution in [2.75, 3.05) is 0 Å². The van der Waals surface area contributed by atoms with E-state index in [2.05, 4.69) is 39.7 Å². The molecule has 0 radical (unpaired) electrons. The first-order chi connectivity index (χ1) is 5.38. The van der Waals surface area contributed by atoms with Crippen LogP contribution in [0.5, 0.6) is 0 Å². The Balaban J connectivity index is 0.000000720. The van der Waals surface area contributed by atoms with Crippen LogP contribution in [0.1, 0.15) is 0 Å². The molecule has 3 heteroatoms. The Morgan fingerprint density at radius 3 is 2.58 bits per heavy atom. The molecule has 1 nitrogen and oxygen atoms in total. The summed E-state index contributed by atoms with van der Waals surface area (Å²) >= 11 is 2.25. The zero-order valence-electron chi connectivity index (χ0n) is 6.20. The maximum Gasteiger partial charge on any atom is 0.109 e. The summed E-state index contributed by atoms with van der Waals surface area (Å²) in [7, 11) is 0. The van der Waals surface area contributed by atoms with Crippen molar-refractivity contribution in [1.29, 1.82) is 0 Å². The van der Waals surface area contributed by atoms with Crippen LogP contribution in [0.4, 0.5) is 0 Å². The lowest BCUT2D eigenvalue weighted by molar-refractivity contribution is 1.31. The van der Waals surface area contributed by atoms with Crippen molar-refractivity contribution in [1.82, 2.24) is 4.98 Å². The van der Waals surface area contributed by atoms with E-state index in [-0.39, 0.29) is 24.0 Å². The van der Waals surface area contributed by atoms with Crippen molar-refractivity contribution in [3.8, 4) is 0 Å². The highest BCUT2D eigenvalue weighted by Crippen LogP contribution is 2.16. The van der Waals surface area contributed by atoms with Gasteiger partial charge in [0, 0.05) is 11.6 Å². The minimum atomic E-state index is 0. The summed E-state index contributed by atoms with van der Waals surface area (Å²) < 4.78 is 1.07. The lowest BCUT2D eigenvalue weighted by atomic mass is 10.2. The molecule has 0 amide bonds. The fourth-order valence-corrected chi connectivity index (χ4v) is 1.73. The lowest BCUT2D eigenvalue weighted by Gasteiger charge is -1.96. The van der Waals surface area contributed by atoms with Crippen LogP contribution in [0.3, 0.4) is 0 Å². The van der Waals surface area contributed by atoms with Gasteiger partial charge in [-0.3, -0.25) is 0 Å². The van der Waals surface area contributed by atoms with Crippen LogP contribution >= 0.6 is 46.6 Å². The Morgan fingerprint density at radius 1 is 1.08 bits per heavy atom. The second kappa shape index (κ2) is 4.36. The summed E-state index contributed by atoms with van der Waals surface area (Å²) in [5, 5.41) is 2.49. The van der Waals surface area contributed by atoms with E-state index in [4.69, 9.17) is 0 Å². The molecule has 2 aromatic rings. The molecule has 1 aromatic heterocycles. The molecule has 62 valence electrons. The van der Waals surface area contributed by atoms with E-state index in [9.17, 15) is 0 Å². The maximum absolute atomic E-state index is 4.19. The molecule has 12 heavy (non-hydrogen) atoms. The number of hydrogen-bond acceptors (Lipinski definition) is 1. The van der Waals surface area contributed by atoms with Crippen molar-refractivity contribution in [2.45, 2.75) is 0 Å². The predicted octanol–water partition coefficient (Wildman–Crippen LogP) is 3.46. The van der Waals surface area contributed by atoms with Gasteiger partial charge in [0.25, 0.3) is 0 Å². The van der Waals surface area contributed by atoms with E-state index >= 15 is 0 Å². The molecule has 0 atom stereocenters. The Morgan fingerprint density at radius 2 is 1.83 bits per heavy atom. The number of rotatable bonds is 0. The van der Waals surface area contributed by atoms with E-state index in [1.165, 1.54) is 10.8 Å². The van der Waals surface area contributed by atoms with E-state index in [0.717, 1.165) is 3.70 Å². The Hall–Kier alpha value is 0.0900. The normalized spacial score (nSPS) is 9.42. The fourth-order valence-electron chi connectivity index (χ4n) is 1.08. The van der Waals surface area contributed by atoms with Crippen LogP contribution in [0.2, 0.25) is 0 Å². The minimum absolute atomic E-state index is 0. The third-order valence-electron chi connectivity index (χ3n) is 1.63. The minimum Gasteiger partial charge on any atom is -0.250 e. The number of fused-ring (bicyclic) bond motifs is 1. The van der Waals surface area contributed by atoms with Crippen LogP contribution in [-0.4, -0.2) is 4.98 Å². The molecule has 0 aliphatic carbocycles. The van der Waals surface area contributed by atoms with Crippen LogP contribution < -0.4 is 0 Å². The first-order valence-corrected chi connectivity index (χ1v) is 4.45. The lowest BCUT2D eigenvalue weighted by Crippen LogP contribution is -1.80. The van der Waals surface area contributed by atoms with Gasteiger partial charge < -0.3 is 0 Å². The average Bonchev–Trinajstić information content (AvgIpc) is 2.06. The summed E-state index contributed by atoms with van der Waals surface area (Å²) in [6.45, 7) is 0. The first-order valence-electron chi connectivity index (χ1n) is 3.37. The largest absolute Gasteiger partial charge is 0.250 e. The van der Waals surface area contributed by atoms with E-state index < -0.39 is 0 Å². The van der Waals surface area contributed by atoms with E-state index in [0.29, 0.717) is 0 Å². The summed E-state index contributed by atoms with van der Waals surface area (Å²) in [4.78, 5) is 4.19. The average molecular weight is 383 g/mol. The fraction of sp³-hybridized carbons (Fsp3) is 0. The Labute approximate surface area is 102 Å². The smallest absolute Gasteiger partial charge is 0.109 e. The molecule has 2 rings (SSSR count). The summed E-state index contributed by atoms with van der Waals surface area (Å²) in [6.07, 6.45) is 1.84. The van der Waals surface area contributed by atoms with Gasteiger partial charge in [0.05, 0.1) is 0 Å². The molecule has 0 unspecified atom stereocenters. The van der Waals surface area contributed by atoms with Crippen molar-refractivity contribution < 1.29 is 0 Å². The molecule has 0 aliphatic rings. The highest BCUT2D eigenvalue weighted by atomic mass is 127. The molecular weight excluding hydrogens is 376 g/mol. The molecule has 0 saturated heterocycles. The van der Waals surface area contributed by atoms with Crippen LogP contribution in [0, 0.1) is 3.70 Å². The number of pyridine rings is 1. The molecule has 1 aromatic carbocycles. The molecular formula is C9H7I2N. The quantitative estimate of drug-likeness (QED) is 0.502. The molecule has 0 bridgehead atoms. The van der Waals surface area contributed by atoms with Gasteiger partial charge in [0.1, 0.15) is 3.70 Å². The van der Waals surface area contributed by atoms with Crippen molar-refractivity contribution in [2.24, 2.45) is 0 Å². The van der Waals surface area contributed by atoms with Crippen LogP contribution in [0.15, 0.2) is 36.5 Å². The zero-order chi connectivity index (χ0) is 7.68. The van der Waals surface area contributed by atoms with Crippen LogP contribution in [-0.2, 0) is 0 Å². The molecule has 1 heterocycles. The van der Waals surface area contributed by atoms with Gasteiger partial charge in [-0.2, -0.15) is 0 Å². The number of benzene rings is 1. The number of aromatic nitrogens is 1. The van der Waals surface area contributed by atoms with Gasteiger partial charge in [0.2, 0.25) is 0 Å². The second-order valence-electron chi connectivity index (χ2n) is 2.32. The zero-order valence-corrected chi connectivity index (χ0v) is 10.7.